The number of hydrogen-bond acceptors (Lipinski definition) is 10. The van der Waals surface area contributed by atoms with Crippen LogP contribution in [0.4, 0.5) is 5.95 Å². The number of amides is 2. The molecule has 1 aliphatic rings. The molecule has 3 rings (SSSR count). The van der Waals surface area contributed by atoms with Gasteiger partial charge in [0.15, 0.2) is 11.2 Å². The minimum atomic E-state index is -0.889. The first-order valence-corrected chi connectivity index (χ1v) is 12.3. The molecule has 0 aliphatic carbocycles. The summed E-state index contributed by atoms with van der Waals surface area (Å²) in [6, 6.07) is -2.25. The van der Waals surface area contributed by atoms with Crippen LogP contribution in [0.25, 0.3) is 11.2 Å². The average molecular weight is 521 g/mol. The van der Waals surface area contributed by atoms with Gasteiger partial charge in [-0.05, 0) is 24.7 Å². The summed E-state index contributed by atoms with van der Waals surface area (Å²) in [4.78, 5) is 62.2. The fourth-order valence-corrected chi connectivity index (χ4v) is 4.05. The second-order valence-electron chi connectivity index (χ2n) is 9.73. The van der Waals surface area contributed by atoms with Crippen molar-refractivity contribution in [2.75, 3.05) is 25.5 Å². The summed E-state index contributed by atoms with van der Waals surface area (Å²) in [6.07, 6.45) is 2.59. The number of carbonyl (C=O) groups is 3. The van der Waals surface area contributed by atoms with Gasteiger partial charge in [-0.15, -0.1) is 0 Å². The number of imidazole rings is 1. The smallest absolute Gasteiger partial charge is 0.328 e. The van der Waals surface area contributed by atoms with Crippen LogP contribution in [-0.2, 0) is 30.6 Å². The van der Waals surface area contributed by atoms with E-state index in [1.807, 2.05) is 13.8 Å². The topological polar surface area (TPSA) is 201 Å². The zero-order valence-corrected chi connectivity index (χ0v) is 21.6. The summed E-state index contributed by atoms with van der Waals surface area (Å²) in [5.41, 5.74) is 11.5. The van der Waals surface area contributed by atoms with Crippen molar-refractivity contribution in [3.63, 3.8) is 0 Å². The third-order valence-electron chi connectivity index (χ3n) is 6.26. The lowest BCUT2D eigenvalue weighted by Crippen LogP contribution is -2.55. The van der Waals surface area contributed by atoms with Crippen molar-refractivity contribution in [1.29, 1.82) is 0 Å². The number of esters is 1. The lowest BCUT2D eigenvalue weighted by Gasteiger charge is -2.29. The Kier molecular flexibility index (Phi) is 9.21. The normalized spacial score (nSPS) is 17.4. The minimum Gasteiger partial charge on any atom is -0.462 e. The Bertz CT molecular complexity index is 1180. The number of carbonyl (C=O) groups excluding carboxylic acids is 3. The molecule has 2 aromatic rings. The lowest BCUT2D eigenvalue weighted by atomic mass is 10.0. The summed E-state index contributed by atoms with van der Waals surface area (Å²) in [5.74, 6) is -1.60. The van der Waals surface area contributed by atoms with Gasteiger partial charge in [0.25, 0.3) is 5.56 Å². The average Bonchev–Trinajstić information content (AvgIpc) is 3.48. The van der Waals surface area contributed by atoms with Crippen LogP contribution in [0.15, 0.2) is 11.1 Å². The molecule has 2 aromatic heterocycles. The van der Waals surface area contributed by atoms with E-state index < -0.39 is 35.6 Å². The van der Waals surface area contributed by atoms with Crippen molar-refractivity contribution in [1.82, 2.24) is 29.7 Å². The number of nitrogens with two attached hydrogens (primary N) is 2. The number of hydrogen-bond donors (Lipinski definition) is 4. The molecule has 37 heavy (non-hydrogen) atoms. The van der Waals surface area contributed by atoms with Gasteiger partial charge >= 0.3 is 5.97 Å². The Morgan fingerprint density at radius 1 is 1.22 bits per heavy atom. The van der Waals surface area contributed by atoms with Gasteiger partial charge in [0.05, 0.1) is 19.0 Å². The maximum Gasteiger partial charge on any atom is 0.328 e. The predicted molar refractivity (Wildman–Crippen MR) is 134 cm³/mol. The summed E-state index contributed by atoms with van der Waals surface area (Å²) < 4.78 is 12.3. The van der Waals surface area contributed by atoms with Gasteiger partial charge in [-0.1, -0.05) is 27.7 Å². The first-order valence-electron chi connectivity index (χ1n) is 12.3. The van der Waals surface area contributed by atoms with Crippen molar-refractivity contribution in [2.24, 2.45) is 17.6 Å². The van der Waals surface area contributed by atoms with Crippen LogP contribution >= 0.6 is 0 Å². The molecule has 14 heteroatoms. The highest BCUT2D eigenvalue weighted by atomic mass is 16.6. The molecule has 1 fully saturated rings. The van der Waals surface area contributed by atoms with Gasteiger partial charge in [-0.25, -0.2) is 9.78 Å². The van der Waals surface area contributed by atoms with Gasteiger partial charge in [-0.3, -0.25) is 23.9 Å². The maximum atomic E-state index is 13.0. The number of nitrogen functional groups attached to an aromatic ring is 1. The molecule has 1 saturated heterocycles. The van der Waals surface area contributed by atoms with Crippen LogP contribution in [0.3, 0.4) is 0 Å². The van der Waals surface area contributed by atoms with Crippen molar-refractivity contribution in [2.45, 2.75) is 65.4 Å². The second-order valence-corrected chi connectivity index (χ2v) is 9.73. The van der Waals surface area contributed by atoms with E-state index in [4.69, 9.17) is 20.9 Å². The molecular formula is C23H36N8O6. The highest BCUT2D eigenvalue weighted by Crippen LogP contribution is 2.20. The number of aromatic amines is 1. The van der Waals surface area contributed by atoms with Crippen molar-refractivity contribution in [3.8, 4) is 0 Å². The van der Waals surface area contributed by atoms with Gasteiger partial charge in [-0.2, -0.15) is 4.98 Å². The van der Waals surface area contributed by atoms with Crippen molar-refractivity contribution in [3.05, 3.63) is 16.7 Å². The quantitative estimate of drug-likeness (QED) is 0.217. The molecule has 2 amide bonds. The van der Waals surface area contributed by atoms with Gasteiger partial charge in [0.2, 0.25) is 17.8 Å². The van der Waals surface area contributed by atoms with E-state index in [0.29, 0.717) is 19.4 Å². The number of likely N-dealkylation sites (tertiary alicyclic amines) is 1. The standard InChI is InChI=1S/C23H36N8O6/c1-12(2)15(24)21(34)31-7-5-6-14(31)19(32)27-16(13(3)4)22(35)37-9-8-36-11-30-10-26-17-18(30)28-23(25)29-20(17)33/h10,12-16H,5-9,11,24H2,1-4H3,(H,27,32)(H3,25,28,29,33)/t14-,15-,16-/m0/s1. The summed E-state index contributed by atoms with van der Waals surface area (Å²) in [6.45, 7) is 7.76. The Morgan fingerprint density at radius 3 is 2.62 bits per heavy atom. The third-order valence-corrected chi connectivity index (χ3v) is 6.26. The van der Waals surface area contributed by atoms with Crippen LogP contribution in [0.5, 0.6) is 0 Å². The summed E-state index contributed by atoms with van der Waals surface area (Å²) in [5, 5.41) is 2.75. The van der Waals surface area contributed by atoms with Crippen molar-refractivity contribution < 1.29 is 23.9 Å². The Balaban J connectivity index is 1.50. The molecule has 1 aliphatic heterocycles. The third kappa shape index (κ3) is 6.63. The van der Waals surface area contributed by atoms with E-state index >= 15 is 0 Å². The number of rotatable bonds is 11. The van der Waals surface area contributed by atoms with Gasteiger partial charge in [0.1, 0.15) is 25.4 Å². The monoisotopic (exact) mass is 520 g/mol. The molecule has 0 unspecified atom stereocenters. The SMILES string of the molecule is CC(C)[C@H](N)C(=O)N1CCC[C@H]1C(=O)N[C@H](C(=O)OCCOCn1cnc2c(=O)[nH]c(N)nc21)C(C)C. The number of nitrogens with zero attached hydrogens (tertiary/aromatic N) is 4. The molecule has 0 bridgehead atoms. The molecule has 0 spiro atoms. The minimum absolute atomic E-state index is 0.0122. The van der Waals surface area contributed by atoms with E-state index in [1.165, 1.54) is 15.8 Å². The number of fused-ring (bicyclic) bond motifs is 1. The number of nitrogens with one attached hydrogen (secondary N) is 2. The largest absolute Gasteiger partial charge is 0.462 e. The molecule has 6 N–H and O–H groups in total. The first-order chi connectivity index (χ1) is 17.5. The second kappa shape index (κ2) is 12.1. The molecule has 14 nitrogen and oxygen atoms in total. The van der Waals surface area contributed by atoms with E-state index in [9.17, 15) is 19.2 Å². The molecular weight excluding hydrogens is 484 g/mol. The van der Waals surface area contributed by atoms with Crippen LogP contribution in [0.2, 0.25) is 0 Å². The molecule has 0 radical (unpaired) electrons. The Morgan fingerprint density at radius 2 is 1.95 bits per heavy atom. The number of aromatic nitrogens is 4. The van der Waals surface area contributed by atoms with E-state index in [0.717, 1.165) is 0 Å². The number of anilines is 1. The zero-order valence-electron chi connectivity index (χ0n) is 21.6. The highest BCUT2D eigenvalue weighted by Gasteiger charge is 2.38. The molecule has 0 aromatic carbocycles. The number of H-pyrrole nitrogens is 1. The molecule has 0 saturated carbocycles. The maximum absolute atomic E-state index is 13.0. The first kappa shape index (κ1) is 28.1. The number of ether oxygens (including phenoxy) is 2. The summed E-state index contributed by atoms with van der Waals surface area (Å²) in [7, 11) is 0. The molecule has 204 valence electrons. The van der Waals surface area contributed by atoms with Crippen LogP contribution < -0.4 is 22.3 Å². The zero-order chi connectivity index (χ0) is 27.3. The Labute approximate surface area is 214 Å². The lowest BCUT2D eigenvalue weighted by molar-refractivity contribution is -0.151. The fraction of sp³-hybridized carbons (Fsp3) is 0.652. The molecule has 3 atom stereocenters. The van der Waals surface area contributed by atoms with Crippen LogP contribution in [0.1, 0.15) is 40.5 Å². The summed E-state index contributed by atoms with van der Waals surface area (Å²) >= 11 is 0. The predicted octanol–water partition coefficient (Wildman–Crippen LogP) is -0.666. The fourth-order valence-electron chi connectivity index (χ4n) is 4.05. The Hall–Kier alpha value is -3.52. The molecule has 3 heterocycles. The van der Waals surface area contributed by atoms with Crippen molar-refractivity contribution >= 4 is 34.9 Å². The van der Waals surface area contributed by atoms with Gasteiger partial charge < -0.3 is 31.2 Å². The van der Waals surface area contributed by atoms with E-state index in [1.54, 1.807) is 13.8 Å². The highest BCUT2D eigenvalue weighted by molar-refractivity contribution is 5.92. The van der Waals surface area contributed by atoms with Crippen LogP contribution in [0, 0.1) is 11.8 Å². The van der Waals surface area contributed by atoms with Crippen LogP contribution in [-0.4, -0.2) is 80.1 Å². The van der Waals surface area contributed by atoms with E-state index in [2.05, 4.69) is 20.3 Å². The van der Waals surface area contributed by atoms with Gasteiger partial charge in [0, 0.05) is 6.54 Å². The van der Waals surface area contributed by atoms with E-state index in [-0.39, 0.29) is 54.8 Å².